The zero-order valence-electron chi connectivity index (χ0n) is 20.3. The number of hydrogen-bond donors (Lipinski definition) is 8. The predicted molar refractivity (Wildman–Crippen MR) is 131 cm³/mol. The molecular weight excluding hydrogens is 520 g/mol. The van der Waals surface area contributed by atoms with Gasteiger partial charge >= 0.3 is 0 Å². The summed E-state index contributed by atoms with van der Waals surface area (Å²) in [6.07, 6.45) is -9.88. The van der Waals surface area contributed by atoms with E-state index in [0.717, 1.165) is 6.26 Å². The number of phenolic OH excluding ortho intramolecular Hbond substituents is 2. The number of benzene rings is 2. The maximum absolute atomic E-state index is 13.3. The molecule has 2 saturated heterocycles. The van der Waals surface area contributed by atoms with Crippen LogP contribution >= 0.6 is 0 Å². The fraction of sp³-hybridized carbons (Fsp3) is 0.423. The zero-order chi connectivity index (χ0) is 28.1. The van der Waals surface area contributed by atoms with Crippen molar-refractivity contribution in [2.75, 3.05) is 19.8 Å². The van der Waals surface area contributed by atoms with Gasteiger partial charge in [-0.05, 0) is 29.8 Å². The molecule has 8 N–H and O–H groups in total. The Balaban J connectivity index is 1.46. The molecule has 2 fully saturated rings. The third-order valence-corrected chi connectivity index (χ3v) is 7.14. The molecule has 0 spiro atoms. The minimum atomic E-state index is -1.94. The molecule has 8 atom stereocenters. The Morgan fingerprint density at radius 1 is 0.974 bits per heavy atom. The summed E-state index contributed by atoms with van der Waals surface area (Å²) in [6.45, 7) is -1.70. The van der Waals surface area contributed by atoms with Crippen molar-refractivity contribution in [1.82, 2.24) is 0 Å². The van der Waals surface area contributed by atoms with E-state index in [1.54, 1.807) is 0 Å². The lowest BCUT2D eigenvalue weighted by atomic mass is 9.89. The van der Waals surface area contributed by atoms with Crippen molar-refractivity contribution in [2.24, 2.45) is 0 Å². The van der Waals surface area contributed by atoms with Crippen LogP contribution in [0, 0.1) is 0 Å². The van der Waals surface area contributed by atoms with E-state index in [-0.39, 0.29) is 27.8 Å². The van der Waals surface area contributed by atoms with E-state index >= 15 is 0 Å². The normalized spacial score (nSPS) is 33.0. The molecule has 0 radical (unpaired) electrons. The van der Waals surface area contributed by atoms with Gasteiger partial charge in [-0.2, -0.15) is 0 Å². The van der Waals surface area contributed by atoms with Crippen molar-refractivity contribution < 1.29 is 59.5 Å². The Hall–Kier alpha value is -3.11. The maximum Gasteiger partial charge on any atom is 0.200 e. The second kappa shape index (κ2) is 10.5. The zero-order valence-corrected chi connectivity index (χ0v) is 20.3. The van der Waals surface area contributed by atoms with Crippen LogP contribution in [0.1, 0.15) is 11.7 Å². The van der Waals surface area contributed by atoms with Crippen molar-refractivity contribution in [2.45, 2.75) is 48.5 Å². The highest BCUT2D eigenvalue weighted by Crippen LogP contribution is 2.41. The van der Waals surface area contributed by atoms with E-state index in [0.29, 0.717) is 5.56 Å². The first-order valence-corrected chi connectivity index (χ1v) is 12.1. The summed E-state index contributed by atoms with van der Waals surface area (Å²) >= 11 is 0. The van der Waals surface area contributed by atoms with Crippen LogP contribution < -0.4 is 5.43 Å². The van der Waals surface area contributed by atoms with Gasteiger partial charge in [0.15, 0.2) is 6.29 Å². The Kier molecular flexibility index (Phi) is 7.37. The molecule has 0 amide bonds. The molecule has 1 aromatic heterocycles. The number of ether oxygens (including phenoxy) is 3. The molecule has 210 valence electrons. The molecule has 3 aromatic rings. The minimum absolute atomic E-state index is 0.0110. The fourth-order valence-corrected chi connectivity index (χ4v) is 4.78. The third kappa shape index (κ3) is 4.78. The van der Waals surface area contributed by atoms with Crippen molar-refractivity contribution in [1.29, 1.82) is 0 Å². The molecule has 5 rings (SSSR count). The molecule has 0 saturated carbocycles. The minimum Gasteiger partial charge on any atom is -0.508 e. The van der Waals surface area contributed by atoms with Crippen LogP contribution in [0.5, 0.6) is 11.5 Å². The summed E-state index contributed by atoms with van der Waals surface area (Å²) in [6, 6.07) is 8.39. The van der Waals surface area contributed by atoms with E-state index in [1.807, 2.05) is 0 Å². The van der Waals surface area contributed by atoms with Crippen LogP contribution in [0.25, 0.3) is 22.1 Å². The van der Waals surface area contributed by atoms with Gasteiger partial charge in [0.1, 0.15) is 65.6 Å². The average molecular weight is 548 g/mol. The van der Waals surface area contributed by atoms with Gasteiger partial charge in [-0.3, -0.25) is 4.79 Å². The molecule has 3 heterocycles. The fourth-order valence-electron chi connectivity index (χ4n) is 4.78. The van der Waals surface area contributed by atoms with Gasteiger partial charge in [-0.25, -0.2) is 0 Å². The lowest BCUT2D eigenvalue weighted by Crippen LogP contribution is -2.56. The predicted octanol–water partition coefficient (Wildman–Crippen LogP) is -1.15. The number of rotatable bonds is 6. The van der Waals surface area contributed by atoms with Gasteiger partial charge in [0.05, 0.1) is 36.3 Å². The molecule has 39 heavy (non-hydrogen) atoms. The number of aliphatic hydroxyl groups excluding tert-OH is 5. The van der Waals surface area contributed by atoms with Gasteiger partial charge < -0.3 is 59.5 Å². The van der Waals surface area contributed by atoms with Gasteiger partial charge in [0, 0.05) is 0 Å². The standard InChI is InChI=1S/C26H28O13/c27-9-26(35)10-38-25(24(26)34)37-8-16-19(31)20(32)21(33)23(39-16)17-15(29)6-5-13-18(30)14(7-36-22(13)17)11-1-3-12(28)4-2-11/h1-7,16,19-21,23-25,27-29,31-35H,8-10H2/t16-,19+,20-,21+,23-,24-,25+,26-/m0/s1. The molecule has 0 unspecified atom stereocenters. The quantitative estimate of drug-likeness (QED) is 0.183. The number of hydrogen-bond acceptors (Lipinski definition) is 13. The highest BCUT2D eigenvalue weighted by atomic mass is 16.7. The van der Waals surface area contributed by atoms with E-state index in [1.165, 1.54) is 36.4 Å². The van der Waals surface area contributed by atoms with Crippen LogP contribution in [0.2, 0.25) is 0 Å². The molecule has 2 aliphatic heterocycles. The molecule has 13 heteroatoms. The average Bonchev–Trinajstić information content (AvgIpc) is 3.22. The van der Waals surface area contributed by atoms with Gasteiger partial charge in [-0.15, -0.1) is 0 Å². The highest BCUT2D eigenvalue weighted by Gasteiger charge is 2.50. The lowest BCUT2D eigenvalue weighted by Gasteiger charge is -2.41. The number of fused-ring (bicyclic) bond motifs is 1. The smallest absolute Gasteiger partial charge is 0.200 e. The second-order valence-electron chi connectivity index (χ2n) is 9.69. The maximum atomic E-state index is 13.3. The SMILES string of the molecule is O=c1c(-c2ccc(O)cc2)coc2c([C@@H]3O[C@@H](CO[C@@H]4OC[C@@](O)(CO)[C@H]4O)[C@@H](O)[C@H](O)[C@H]3O)c(O)ccc12. The number of phenols is 2. The Morgan fingerprint density at radius 2 is 1.69 bits per heavy atom. The molecular formula is C26H28O13. The van der Waals surface area contributed by atoms with E-state index in [9.17, 15) is 45.6 Å². The largest absolute Gasteiger partial charge is 0.508 e. The summed E-state index contributed by atoms with van der Waals surface area (Å²) in [5.74, 6) is -0.408. The van der Waals surface area contributed by atoms with Crippen molar-refractivity contribution in [3.05, 3.63) is 58.4 Å². The van der Waals surface area contributed by atoms with Gasteiger partial charge in [0.25, 0.3) is 0 Å². The summed E-state index contributed by atoms with van der Waals surface area (Å²) < 4.78 is 22.1. The van der Waals surface area contributed by atoms with Crippen molar-refractivity contribution in [3.63, 3.8) is 0 Å². The summed E-state index contributed by atoms with van der Waals surface area (Å²) in [7, 11) is 0. The van der Waals surface area contributed by atoms with E-state index < -0.39 is 79.5 Å². The Labute approximate surface area is 220 Å². The van der Waals surface area contributed by atoms with Crippen LogP contribution in [0.15, 0.2) is 51.9 Å². The molecule has 2 aliphatic rings. The van der Waals surface area contributed by atoms with E-state index in [2.05, 4.69) is 0 Å². The van der Waals surface area contributed by atoms with Crippen LogP contribution in [0.4, 0.5) is 0 Å². The number of aliphatic hydroxyl groups is 6. The lowest BCUT2D eigenvalue weighted by molar-refractivity contribution is -0.252. The summed E-state index contributed by atoms with van der Waals surface area (Å²) in [5.41, 5.74) is -2.07. The third-order valence-electron chi connectivity index (χ3n) is 7.14. The monoisotopic (exact) mass is 548 g/mol. The topological polar surface area (TPSA) is 220 Å². The summed E-state index contributed by atoms with van der Waals surface area (Å²) in [5, 5.41) is 81.7. The van der Waals surface area contributed by atoms with Gasteiger partial charge in [-0.1, -0.05) is 12.1 Å². The van der Waals surface area contributed by atoms with E-state index in [4.69, 9.17) is 18.6 Å². The second-order valence-corrected chi connectivity index (χ2v) is 9.69. The van der Waals surface area contributed by atoms with Crippen LogP contribution in [-0.2, 0) is 14.2 Å². The highest BCUT2D eigenvalue weighted by molar-refractivity contribution is 5.86. The van der Waals surface area contributed by atoms with Crippen LogP contribution in [-0.4, -0.2) is 103 Å². The molecule has 0 aliphatic carbocycles. The number of aromatic hydroxyl groups is 2. The first-order chi connectivity index (χ1) is 18.6. The Bertz CT molecular complexity index is 1390. The van der Waals surface area contributed by atoms with Crippen molar-refractivity contribution in [3.8, 4) is 22.6 Å². The molecule has 2 aromatic carbocycles. The molecule has 0 bridgehead atoms. The van der Waals surface area contributed by atoms with Crippen LogP contribution in [0.3, 0.4) is 0 Å². The van der Waals surface area contributed by atoms with Gasteiger partial charge in [0.2, 0.25) is 5.43 Å². The van der Waals surface area contributed by atoms with Crippen molar-refractivity contribution >= 4 is 11.0 Å². The first kappa shape index (κ1) is 27.5. The first-order valence-electron chi connectivity index (χ1n) is 12.1. The molecule has 13 nitrogen and oxygen atoms in total. The summed E-state index contributed by atoms with van der Waals surface area (Å²) in [4.78, 5) is 13.3. The Morgan fingerprint density at radius 3 is 2.36 bits per heavy atom.